The highest BCUT2D eigenvalue weighted by molar-refractivity contribution is 5.07. The number of rotatable bonds is 4. The van der Waals surface area contributed by atoms with E-state index >= 15 is 0 Å². The van der Waals surface area contributed by atoms with Crippen molar-refractivity contribution in [1.29, 1.82) is 0 Å². The van der Waals surface area contributed by atoms with Gasteiger partial charge in [-0.1, -0.05) is 0 Å². The number of nitrogens with zero attached hydrogens (tertiary/aromatic N) is 6. The lowest BCUT2D eigenvalue weighted by Crippen LogP contribution is -2.40. The van der Waals surface area contributed by atoms with E-state index in [0.29, 0.717) is 6.04 Å². The van der Waals surface area contributed by atoms with Gasteiger partial charge < -0.3 is 4.90 Å². The molecule has 0 amide bonds. The molecule has 21 heavy (non-hydrogen) atoms. The van der Waals surface area contributed by atoms with Crippen molar-refractivity contribution < 1.29 is 0 Å². The van der Waals surface area contributed by atoms with Gasteiger partial charge in [0.25, 0.3) is 0 Å². The molecule has 0 aliphatic carbocycles. The monoisotopic (exact) mass is 288 g/mol. The summed E-state index contributed by atoms with van der Waals surface area (Å²) in [6.45, 7) is 3.97. The third-order valence-corrected chi connectivity index (χ3v) is 4.08. The number of aryl methyl sites for hydroxylation is 2. The van der Waals surface area contributed by atoms with E-state index in [0.717, 1.165) is 32.6 Å². The van der Waals surface area contributed by atoms with Gasteiger partial charge in [0.15, 0.2) is 0 Å². The molecule has 0 saturated heterocycles. The van der Waals surface area contributed by atoms with Crippen LogP contribution in [0.3, 0.4) is 0 Å². The zero-order valence-electron chi connectivity index (χ0n) is 13.1. The van der Waals surface area contributed by atoms with Gasteiger partial charge in [-0.15, -0.1) is 0 Å². The maximum Gasteiger partial charge on any atom is 0.0534 e. The number of fused-ring (bicyclic) bond motifs is 1. The first-order valence-corrected chi connectivity index (χ1v) is 7.49. The van der Waals surface area contributed by atoms with E-state index in [2.05, 4.69) is 51.0 Å². The second-order valence-corrected chi connectivity index (χ2v) is 6.18. The summed E-state index contributed by atoms with van der Waals surface area (Å²) in [5.74, 6) is 0. The molecular formula is C15H24N6. The Labute approximate surface area is 126 Å². The fourth-order valence-electron chi connectivity index (χ4n) is 3.09. The Bertz CT molecular complexity index is 585. The summed E-state index contributed by atoms with van der Waals surface area (Å²) < 4.78 is 4.02. The topological polar surface area (TPSA) is 42.1 Å². The van der Waals surface area contributed by atoms with Gasteiger partial charge in [0.05, 0.1) is 11.9 Å². The van der Waals surface area contributed by atoms with Crippen LogP contribution in [0.25, 0.3) is 0 Å². The summed E-state index contributed by atoms with van der Waals surface area (Å²) in [4.78, 5) is 4.83. The van der Waals surface area contributed by atoms with Crippen molar-refractivity contribution in [2.24, 2.45) is 7.05 Å². The first-order valence-electron chi connectivity index (χ1n) is 7.49. The Morgan fingerprint density at radius 1 is 1.33 bits per heavy atom. The lowest BCUT2D eigenvalue weighted by molar-refractivity contribution is 0.143. The van der Waals surface area contributed by atoms with Gasteiger partial charge >= 0.3 is 0 Å². The van der Waals surface area contributed by atoms with E-state index in [1.807, 2.05) is 24.1 Å². The Hall–Kier alpha value is -1.66. The predicted octanol–water partition coefficient (Wildman–Crippen LogP) is 0.953. The van der Waals surface area contributed by atoms with Crippen LogP contribution in [-0.4, -0.2) is 56.0 Å². The van der Waals surface area contributed by atoms with E-state index in [9.17, 15) is 0 Å². The average molecular weight is 288 g/mol. The highest BCUT2D eigenvalue weighted by Crippen LogP contribution is 2.20. The van der Waals surface area contributed by atoms with E-state index in [1.54, 1.807) is 0 Å². The molecule has 1 aliphatic rings. The predicted molar refractivity (Wildman–Crippen MR) is 81.6 cm³/mol. The van der Waals surface area contributed by atoms with E-state index in [1.165, 1.54) is 11.3 Å². The summed E-state index contributed by atoms with van der Waals surface area (Å²) in [5, 5.41) is 8.72. The van der Waals surface area contributed by atoms with Crippen molar-refractivity contribution in [3.05, 3.63) is 35.9 Å². The number of aromatic nitrogens is 4. The third-order valence-electron chi connectivity index (χ3n) is 4.08. The second-order valence-electron chi connectivity index (χ2n) is 6.18. The van der Waals surface area contributed by atoms with Crippen LogP contribution in [-0.2, 0) is 26.7 Å². The normalized spacial score (nSPS) is 19.7. The fourth-order valence-corrected chi connectivity index (χ4v) is 3.09. The largest absolute Gasteiger partial charge is 0.308 e. The van der Waals surface area contributed by atoms with Crippen molar-refractivity contribution in [1.82, 2.24) is 29.4 Å². The molecule has 114 valence electrons. The van der Waals surface area contributed by atoms with E-state index in [4.69, 9.17) is 0 Å². The molecule has 0 spiro atoms. The van der Waals surface area contributed by atoms with Crippen molar-refractivity contribution in [2.45, 2.75) is 32.1 Å². The molecule has 3 heterocycles. The summed E-state index contributed by atoms with van der Waals surface area (Å²) >= 11 is 0. The molecule has 0 bridgehead atoms. The molecule has 3 rings (SSSR count). The van der Waals surface area contributed by atoms with Gasteiger partial charge in [-0.3, -0.25) is 14.3 Å². The Morgan fingerprint density at radius 3 is 2.90 bits per heavy atom. The van der Waals surface area contributed by atoms with Crippen molar-refractivity contribution in [3.8, 4) is 0 Å². The fraction of sp³-hybridized carbons (Fsp3) is 0.600. The Kier molecular flexibility index (Phi) is 4.07. The first kappa shape index (κ1) is 14.3. The maximum atomic E-state index is 4.44. The molecule has 6 heteroatoms. The van der Waals surface area contributed by atoms with Crippen LogP contribution < -0.4 is 0 Å². The number of hydrogen-bond acceptors (Lipinski definition) is 4. The SMILES string of the molecule is CN(C)C[C@H]1CCn2nccc2CN1Cc1cnn(C)c1. The van der Waals surface area contributed by atoms with Crippen LogP contribution in [0.15, 0.2) is 24.7 Å². The van der Waals surface area contributed by atoms with Crippen molar-refractivity contribution >= 4 is 0 Å². The Balaban J connectivity index is 1.80. The van der Waals surface area contributed by atoms with Crippen LogP contribution in [0.2, 0.25) is 0 Å². The molecule has 0 saturated carbocycles. The Morgan fingerprint density at radius 2 is 2.19 bits per heavy atom. The standard InChI is InChI=1S/C15H24N6/c1-18(2)11-14-5-7-21-15(4-6-16-21)12-20(14)10-13-8-17-19(3)9-13/h4,6,8-9,14H,5,7,10-12H2,1-3H3/t14-/m1/s1. The van der Waals surface area contributed by atoms with E-state index < -0.39 is 0 Å². The third kappa shape index (κ3) is 3.33. The molecule has 1 aliphatic heterocycles. The molecule has 2 aromatic rings. The van der Waals surface area contributed by atoms with E-state index in [-0.39, 0.29) is 0 Å². The van der Waals surface area contributed by atoms with Crippen LogP contribution in [0.4, 0.5) is 0 Å². The van der Waals surface area contributed by atoms with Crippen LogP contribution >= 0.6 is 0 Å². The smallest absolute Gasteiger partial charge is 0.0534 e. The minimum Gasteiger partial charge on any atom is -0.308 e. The molecule has 1 atom stereocenters. The van der Waals surface area contributed by atoms with Crippen LogP contribution in [0.1, 0.15) is 17.7 Å². The first-order chi connectivity index (χ1) is 10.1. The molecule has 6 nitrogen and oxygen atoms in total. The molecule has 0 unspecified atom stereocenters. The zero-order valence-corrected chi connectivity index (χ0v) is 13.1. The van der Waals surface area contributed by atoms with Crippen LogP contribution in [0, 0.1) is 0 Å². The number of hydrogen-bond donors (Lipinski definition) is 0. The molecule has 0 fully saturated rings. The van der Waals surface area contributed by atoms with Crippen LogP contribution in [0.5, 0.6) is 0 Å². The molecule has 0 aromatic carbocycles. The summed E-state index contributed by atoms with van der Waals surface area (Å²) in [6, 6.07) is 2.68. The summed E-state index contributed by atoms with van der Waals surface area (Å²) in [6.07, 6.45) is 7.11. The summed E-state index contributed by atoms with van der Waals surface area (Å²) in [7, 11) is 6.26. The number of likely N-dealkylation sites (N-methyl/N-ethyl adjacent to an activating group) is 1. The van der Waals surface area contributed by atoms with Crippen molar-refractivity contribution in [3.63, 3.8) is 0 Å². The van der Waals surface area contributed by atoms with Gasteiger partial charge in [-0.05, 0) is 26.6 Å². The van der Waals surface area contributed by atoms with Crippen molar-refractivity contribution in [2.75, 3.05) is 20.6 Å². The minimum atomic E-state index is 0.543. The lowest BCUT2D eigenvalue weighted by Gasteiger charge is -2.31. The minimum absolute atomic E-state index is 0.543. The molecule has 2 aromatic heterocycles. The maximum absolute atomic E-state index is 4.44. The highest BCUT2D eigenvalue weighted by Gasteiger charge is 2.24. The molecule has 0 N–H and O–H groups in total. The van der Waals surface area contributed by atoms with Gasteiger partial charge in [0.1, 0.15) is 0 Å². The molecule has 0 radical (unpaired) electrons. The summed E-state index contributed by atoms with van der Waals surface area (Å²) in [5.41, 5.74) is 2.58. The van der Waals surface area contributed by atoms with Gasteiger partial charge in [0.2, 0.25) is 0 Å². The van der Waals surface area contributed by atoms with Gasteiger partial charge in [-0.25, -0.2) is 0 Å². The second kappa shape index (κ2) is 5.99. The van der Waals surface area contributed by atoms with Gasteiger partial charge in [0, 0.05) is 57.2 Å². The molecular weight excluding hydrogens is 264 g/mol. The lowest BCUT2D eigenvalue weighted by atomic mass is 10.1. The zero-order chi connectivity index (χ0) is 14.8. The highest BCUT2D eigenvalue weighted by atomic mass is 15.3. The van der Waals surface area contributed by atoms with Gasteiger partial charge in [-0.2, -0.15) is 10.2 Å². The quantitative estimate of drug-likeness (QED) is 0.840. The average Bonchev–Trinajstić information content (AvgIpc) is 3.00.